The van der Waals surface area contributed by atoms with Gasteiger partial charge in [0.15, 0.2) is 6.61 Å². The van der Waals surface area contributed by atoms with Crippen LogP contribution >= 0.6 is 0 Å². The van der Waals surface area contributed by atoms with Crippen molar-refractivity contribution in [2.75, 3.05) is 25.5 Å². The van der Waals surface area contributed by atoms with Gasteiger partial charge >= 0.3 is 12.0 Å². The number of nitrogens with zero attached hydrogens (tertiary/aromatic N) is 1. The quantitative estimate of drug-likeness (QED) is 0.783. The van der Waals surface area contributed by atoms with E-state index in [-0.39, 0.29) is 12.6 Å². The first-order valence-corrected chi connectivity index (χ1v) is 5.43. The van der Waals surface area contributed by atoms with Crippen LogP contribution in [0.4, 0.5) is 10.5 Å². The summed E-state index contributed by atoms with van der Waals surface area (Å²) >= 11 is 0. The normalized spacial score (nSPS) is 9.26. The highest BCUT2D eigenvalue weighted by molar-refractivity contribution is 5.89. The van der Waals surface area contributed by atoms with Gasteiger partial charge in [0, 0.05) is 12.7 Å². The van der Waals surface area contributed by atoms with E-state index in [1.165, 1.54) is 4.90 Å². The maximum absolute atomic E-state index is 11.6. The maximum atomic E-state index is 11.6. The van der Waals surface area contributed by atoms with Crippen LogP contribution in [-0.4, -0.2) is 42.2 Å². The first-order valence-electron chi connectivity index (χ1n) is 5.43. The first-order chi connectivity index (χ1) is 9.02. The average molecular weight is 262 g/mol. The number of benzene rings is 1. The topological polar surface area (TPSA) is 78.9 Å². The second kappa shape index (κ2) is 6.91. The Kier molecular flexibility index (Phi) is 5.23. The minimum Gasteiger partial charge on any atom is -0.482 e. The number of carboxylic acids is 1. The molecule has 1 aromatic rings. The molecule has 0 aromatic heterocycles. The van der Waals surface area contributed by atoms with Crippen LogP contribution in [0.1, 0.15) is 0 Å². The molecule has 0 unspecified atom stereocenters. The Morgan fingerprint density at radius 1 is 1.42 bits per heavy atom. The smallest absolute Gasteiger partial charge is 0.341 e. The lowest BCUT2D eigenvalue weighted by atomic mass is 10.3. The first kappa shape index (κ1) is 14.4. The summed E-state index contributed by atoms with van der Waals surface area (Å²) in [5.74, 6) is 1.73. The van der Waals surface area contributed by atoms with E-state index < -0.39 is 12.6 Å². The Hall–Kier alpha value is -2.68. The fraction of sp³-hybridized carbons (Fsp3) is 0.231. The molecule has 6 nitrogen and oxygen atoms in total. The zero-order valence-corrected chi connectivity index (χ0v) is 10.4. The maximum Gasteiger partial charge on any atom is 0.341 e. The van der Waals surface area contributed by atoms with Gasteiger partial charge in [-0.15, -0.1) is 6.42 Å². The Morgan fingerprint density at radius 3 is 2.58 bits per heavy atom. The van der Waals surface area contributed by atoms with Crippen molar-refractivity contribution in [3.8, 4) is 18.1 Å². The summed E-state index contributed by atoms with van der Waals surface area (Å²) < 4.78 is 4.96. The van der Waals surface area contributed by atoms with Crippen LogP contribution in [0.5, 0.6) is 5.75 Å². The van der Waals surface area contributed by atoms with E-state index in [1.807, 2.05) is 0 Å². The van der Waals surface area contributed by atoms with Crippen molar-refractivity contribution in [1.29, 1.82) is 0 Å². The minimum atomic E-state index is -1.05. The summed E-state index contributed by atoms with van der Waals surface area (Å²) in [6, 6.07) is 6.04. The van der Waals surface area contributed by atoms with E-state index >= 15 is 0 Å². The van der Waals surface area contributed by atoms with Gasteiger partial charge in [0.05, 0.1) is 6.54 Å². The van der Waals surface area contributed by atoms with Crippen LogP contribution in [0, 0.1) is 12.3 Å². The van der Waals surface area contributed by atoms with Crippen molar-refractivity contribution in [3.05, 3.63) is 24.3 Å². The van der Waals surface area contributed by atoms with Gasteiger partial charge in [0.2, 0.25) is 0 Å². The van der Waals surface area contributed by atoms with E-state index in [9.17, 15) is 9.59 Å². The van der Waals surface area contributed by atoms with Crippen molar-refractivity contribution >= 4 is 17.7 Å². The number of carbonyl (C=O) groups is 2. The number of ether oxygens (including phenoxy) is 1. The number of hydrogen-bond donors (Lipinski definition) is 2. The van der Waals surface area contributed by atoms with Gasteiger partial charge in [0.25, 0.3) is 0 Å². The van der Waals surface area contributed by atoms with Gasteiger partial charge < -0.3 is 20.1 Å². The van der Waals surface area contributed by atoms with Crippen LogP contribution in [0.2, 0.25) is 0 Å². The van der Waals surface area contributed by atoms with Crippen LogP contribution < -0.4 is 10.1 Å². The Balaban J connectivity index is 2.55. The highest BCUT2D eigenvalue weighted by Gasteiger charge is 2.07. The number of amides is 2. The number of urea groups is 1. The van der Waals surface area contributed by atoms with Crippen molar-refractivity contribution < 1.29 is 19.4 Å². The molecular weight excluding hydrogens is 248 g/mol. The lowest BCUT2D eigenvalue weighted by Crippen LogP contribution is -2.31. The standard InChI is InChI=1S/C13H14N2O4/c1-3-8-15(2)13(18)14-10-4-6-11(7-5-10)19-9-12(16)17/h1,4-7H,8-9H2,2H3,(H,14,18)(H,16,17). The predicted molar refractivity (Wildman–Crippen MR) is 70.1 cm³/mol. The third-order valence-electron chi connectivity index (χ3n) is 2.14. The van der Waals surface area contributed by atoms with Crippen molar-refractivity contribution in [2.24, 2.45) is 0 Å². The number of aliphatic carboxylic acids is 1. The molecular formula is C13H14N2O4. The summed E-state index contributed by atoms with van der Waals surface area (Å²) in [4.78, 5) is 23.3. The van der Waals surface area contributed by atoms with Crippen molar-refractivity contribution in [3.63, 3.8) is 0 Å². The fourth-order valence-electron chi connectivity index (χ4n) is 1.21. The van der Waals surface area contributed by atoms with E-state index in [0.29, 0.717) is 11.4 Å². The predicted octanol–water partition coefficient (Wildman–Crippen LogP) is 1.25. The molecule has 0 radical (unpaired) electrons. The van der Waals surface area contributed by atoms with Gasteiger partial charge in [-0.3, -0.25) is 0 Å². The summed E-state index contributed by atoms with van der Waals surface area (Å²) in [6.45, 7) is -0.192. The lowest BCUT2D eigenvalue weighted by Gasteiger charge is -2.15. The molecule has 0 aliphatic carbocycles. The van der Waals surface area contributed by atoms with Crippen LogP contribution in [-0.2, 0) is 4.79 Å². The molecule has 2 N–H and O–H groups in total. The SMILES string of the molecule is C#CCN(C)C(=O)Nc1ccc(OCC(=O)O)cc1. The van der Waals surface area contributed by atoms with Gasteiger partial charge in [-0.25, -0.2) is 9.59 Å². The van der Waals surface area contributed by atoms with Gasteiger partial charge in [-0.05, 0) is 24.3 Å². The summed E-state index contributed by atoms with van der Waals surface area (Å²) in [5, 5.41) is 11.1. The van der Waals surface area contributed by atoms with E-state index in [2.05, 4.69) is 11.2 Å². The summed E-state index contributed by atoms with van der Waals surface area (Å²) in [5.41, 5.74) is 0.566. The molecule has 0 fully saturated rings. The van der Waals surface area contributed by atoms with Crippen LogP contribution in [0.3, 0.4) is 0 Å². The molecule has 0 spiro atoms. The minimum absolute atomic E-state index is 0.214. The zero-order valence-electron chi connectivity index (χ0n) is 10.4. The zero-order chi connectivity index (χ0) is 14.3. The molecule has 0 saturated carbocycles. The molecule has 0 heterocycles. The number of terminal acetylenes is 1. The monoisotopic (exact) mass is 262 g/mol. The fourth-order valence-corrected chi connectivity index (χ4v) is 1.21. The molecule has 1 aromatic carbocycles. The molecule has 6 heteroatoms. The van der Waals surface area contributed by atoms with Crippen molar-refractivity contribution in [2.45, 2.75) is 0 Å². The Labute approximate surface area is 111 Å². The second-order valence-electron chi connectivity index (χ2n) is 3.70. The van der Waals surface area contributed by atoms with Crippen molar-refractivity contribution in [1.82, 2.24) is 4.90 Å². The third kappa shape index (κ3) is 5.00. The molecule has 2 amide bonds. The van der Waals surface area contributed by atoms with Gasteiger partial charge in [-0.2, -0.15) is 0 Å². The number of anilines is 1. The Bertz CT molecular complexity index is 490. The van der Waals surface area contributed by atoms with Gasteiger partial charge in [0.1, 0.15) is 5.75 Å². The largest absolute Gasteiger partial charge is 0.482 e. The highest BCUT2D eigenvalue weighted by Crippen LogP contribution is 2.15. The molecule has 1 rings (SSSR count). The Morgan fingerprint density at radius 2 is 2.05 bits per heavy atom. The highest BCUT2D eigenvalue weighted by atomic mass is 16.5. The summed E-state index contributed by atoms with van der Waals surface area (Å²) in [6.07, 6.45) is 5.10. The molecule has 100 valence electrons. The number of carbonyl (C=O) groups excluding carboxylic acids is 1. The number of nitrogens with one attached hydrogen (secondary N) is 1. The number of carboxylic acid groups (broad SMARTS) is 1. The number of rotatable bonds is 5. The molecule has 0 aliphatic rings. The van der Waals surface area contributed by atoms with E-state index in [1.54, 1.807) is 31.3 Å². The lowest BCUT2D eigenvalue weighted by molar-refractivity contribution is -0.139. The average Bonchev–Trinajstić information content (AvgIpc) is 2.38. The second-order valence-corrected chi connectivity index (χ2v) is 3.70. The number of hydrogen-bond acceptors (Lipinski definition) is 3. The van der Waals surface area contributed by atoms with Crippen LogP contribution in [0.15, 0.2) is 24.3 Å². The van der Waals surface area contributed by atoms with Crippen LogP contribution in [0.25, 0.3) is 0 Å². The molecule has 0 atom stereocenters. The molecule has 0 bridgehead atoms. The molecule has 19 heavy (non-hydrogen) atoms. The van der Waals surface area contributed by atoms with E-state index in [4.69, 9.17) is 16.3 Å². The third-order valence-corrected chi connectivity index (χ3v) is 2.14. The van der Waals surface area contributed by atoms with E-state index in [0.717, 1.165) is 0 Å². The van der Waals surface area contributed by atoms with Gasteiger partial charge in [-0.1, -0.05) is 5.92 Å². The molecule has 0 saturated heterocycles. The summed E-state index contributed by atoms with van der Waals surface area (Å²) in [7, 11) is 1.58. The molecule has 0 aliphatic heterocycles.